The summed E-state index contributed by atoms with van der Waals surface area (Å²) in [6.45, 7) is 3.91. The van der Waals surface area contributed by atoms with Gasteiger partial charge in [0, 0.05) is 24.0 Å². The van der Waals surface area contributed by atoms with E-state index in [2.05, 4.69) is 24.4 Å². The molecule has 1 aromatic rings. The van der Waals surface area contributed by atoms with Crippen LogP contribution in [0.5, 0.6) is 0 Å². The van der Waals surface area contributed by atoms with Gasteiger partial charge in [-0.05, 0) is 38.4 Å². The third kappa shape index (κ3) is 3.74. The summed E-state index contributed by atoms with van der Waals surface area (Å²) in [5.41, 5.74) is 1.24. The van der Waals surface area contributed by atoms with Crippen LogP contribution in [-0.2, 0) is 4.79 Å². The maximum absolute atomic E-state index is 12.3. The normalized spacial score (nSPS) is 18.8. The third-order valence-corrected chi connectivity index (χ3v) is 4.74. The number of likely N-dealkylation sites (tertiary alicyclic amines) is 1. The van der Waals surface area contributed by atoms with Crippen LogP contribution in [0.1, 0.15) is 18.4 Å². The van der Waals surface area contributed by atoms with Gasteiger partial charge in [0.05, 0.1) is 5.75 Å². The van der Waals surface area contributed by atoms with Gasteiger partial charge >= 0.3 is 0 Å². The van der Waals surface area contributed by atoms with E-state index in [9.17, 15) is 4.79 Å². The van der Waals surface area contributed by atoms with E-state index >= 15 is 0 Å². The Balaban J connectivity index is 1.89. The molecule has 0 aromatic heterocycles. The molecule has 1 saturated heterocycles. The van der Waals surface area contributed by atoms with E-state index in [1.807, 2.05) is 24.1 Å². The average molecular weight is 278 g/mol. The van der Waals surface area contributed by atoms with Crippen LogP contribution in [0.2, 0.25) is 0 Å². The molecule has 1 atom stereocenters. The summed E-state index contributed by atoms with van der Waals surface area (Å²) in [6, 6.07) is 8.62. The molecule has 4 heteroatoms. The molecule has 1 N–H and O–H groups in total. The molecule has 0 spiro atoms. The van der Waals surface area contributed by atoms with Crippen molar-refractivity contribution in [1.82, 2.24) is 10.2 Å². The fourth-order valence-corrected chi connectivity index (χ4v) is 3.47. The molecule has 1 fully saturated rings. The number of aryl methyl sites for hydroxylation is 1. The van der Waals surface area contributed by atoms with E-state index in [-0.39, 0.29) is 5.91 Å². The van der Waals surface area contributed by atoms with Gasteiger partial charge in [-0.1, -0.05) is 18.2 Å². The highest BCUT2D eigenvalue weighted by Gasteiger charge is 2.27. The first-order valence-corrected chi connectivity index (χ1v) is 7.83. The van der Waals surface area contributed by atoms with Gasteiger partial charge in [0.15, 0.2) is 0 Å². The number of hydrogen-bond donors (Lipinski definition) is 1. The molecule has 0 saturated carbocycles. The average Bonchev–Trinajstić information content (AvgIpc) is 2.86. The highest BCUT2D eigenvalue weighted by Crippen LogP contribution is 2.24. The number of rotatable bonds is 5. The second kappa shape index (κ2) is 6.96. The Hall–Kier alpha value is -1.00. The summed E-state index contributed by atoms with van der Waals surface area (Å²) < 4.78 is 0. The fourth-order valence-electron chi connectivity index (χ4n) is 2.55. The second-order valence-electron chi connectivity index (χ2n) is 5.00. The van der Waals surface area contributed by atoms with Crippen molar-refractivity contribution < 1.29 is 4.79 Å². The number of carbonyl (C=O) groups excluding carboxylic acids is 1. The van der Waals surface area contributed by atoms with Crippen LogP contribution in [0.25, 0.3) is 0 Å². The summed E-state index contributed by atoms with van der Waals surface area (Å²) in [5.74, 6) is 0.816. The monoisotopic (exact) mass is 278 g/mol. The van der Waals surface area contributed by atoms with E-state index in [4.69, 9.17) is 0 Å². The van der Waals surface area contributed by atoms with Crippen molar-refractivity contribution in [2.45, 2.75) is 30.7 Å². The lowest BCUT2D eigenvalue weighted by atomic mass is 10.2. The van der Waals surface area contributed by atoms with Crippen molar-refractivity contribution in [2.24, 2.45) is 0 Å². The molecule has 3 nitrogen and oxygen atoms in total. The molecule has 1 aromatic carbocycles. The van der Waals surface area contributed by atoms with Gasteiger partial charge in [0.1, 0.15) is 0 Å². The first-order valence-electron chi connectivity index (χ1n) is 6.85. The summed E-state index contributed by atoms with van der Waals surface area (Å²) in [4.78, 5) is 15.5. The van der Waals surface area contributed by atoms with Gasteiger partial charge in [0.2, 0.25) is 5.91 Å². The predicted molar refractivity (Wildman–Crippen MR) is 80.6 cm³/mol. The summed E-state index contributed by atoms with van der Waals surface area (Å²) in [7, 11) is 1.95. The van der Waals surface area contributed by atoms with Crippen molar-refractivity contribution in [2.75, 3.05) is 25.9 Å². The maximum Gasteiger partial charge on any atom is 0.233 e. The molecule has 0 bridgehead atoms. The standard InChI is InChI=1S/C15H22N2OS/c1-12-6-3-4-8-14(12)19-11-15(18)17-9-5-7-13(17)10-16-2/h3-4,6,8,13,16H,5,7,9-11H2,1-2H3. The SMILES string of the molecule is CNCC1CCCN1C(=O)CSc1ccccc1C. The zero-order valence-corrected chi connectivity index (χ0v) is 12.5. The van der Waals surface area contributed by atoms with Crippen LogP contribution in [0.3, 0.4) is 0 Å². The second-order valence-corrected chi connectivity index (χ2v) is 6.01. The lowest BCUT2D eigenvalue weighted by Crippen LogP contribution is -2.41. The molecule has 1 unspecified atom stereocenters. The molecule has 1 aliphatic rings. The predicted octanol–water partition coefficient (Wildman–Crippen LogP) is 2.30. The number of benzene rings is 1. The summed E-state index contributed by atoms with van der Waals surface area (Å²) in [5, 5.41) is 3.18. The highest BCUT2D eigenvalue weighted by molar-refractivity contribution is 8.00. The van der Waals surface area contributed by atoms with Crippen LogP contribution in [0.15, 0.2) is 29.2 Å². The Bertz CT molecular complexity index is 436. The number of amides is 1. The molecular formula is C15H22N2OS. The van der Waals surface area contributed by atoms with Crippen LogP contribution in [-0.4, -0.2) is 42.7 Å². The molecule has 1 heterocycles. The number of nitrogens with one attached hydrogen (secondary N) is 1. The zero-order chi connectivity index (χ0) is 13.7. The number of likely N-dealkylation sites (N-methyl/N-ethyl adjacent to an activating group) is 1. The summed E-state index contributed by atoms with van der Waals surface area (Å²) in [6.07, 6.45) is 2.26. The molecule has 19 heavy (non-hydrogen) atoms. The third-order valence-electron chi connectivity index (χ3n) is 3.58. The van der Waals surface area contributed by atoms with Crippen molar-refractivity contribution >= 4 is 17.7 Å². The molecule has 0 radical (unpaired) electrons. The van der Waals surface area contributed by atoms with E-state index in [0.717, 1.165) is 25.9 Å². The van der Waals surface area contributed by atoms with Gasteiger partial charge in [-0.3, -0.25) is 4.79 Å². The topological polar surface area (TPSA) is 32.3 Å². The van der Waals surface area contributed by atoms with Crippen molar-refractivity contribution in [1.29, 1.82) is 0 Å². The Morgan fingerprint density at radius 1 is 1.47 bits per heavy atom. The van der Waals surface area contributed by atoms with E-state index in [1.54, 1.807) is 11.8 Å². The van der Waals surface area contributed by atoms with Gasteiger partial charge in [0.25, 0.3) is 0 Å². The van der Waals surface area contributed by atoms with Crippen LogP contribution in [0.4, 0.5) is 0 Å². The van der Waals surface area contributed by atoms with Crippen molar-refractivity contribution in [3.8, 4) is 0 Å². The minimum absolute atomic E-state index is 0.269. The molecule has 1 amide bonds. The maximum atomic E-state index is 12.3. The van der Waals surface area contributed by atoms with Crippen LogP contribution < -0.4 is 5.32 Å². The van der Waals surface area contributed by atoms with E-state index in [0.29, 0.717) is 11.8 Å². The molecule has 0 aliphatic carbocycles. The minimum atomic E-state index is 0.269. The Morgan fingerprint density at radius 2 is 2.26 bits per heavy atom. The van der Waals surface area contributed by atoms with Crippen molar-refractivity contribution in [3.63, 3.8) is 0 Å². The smallest absolute Gasteiger partial charge is 0.233 e. The highest BCUT2D eigenvalue weighted by atomic mass is 32.2. The largest absolute Gasteiger partial charge is 0.338 e. The Kier molecular flexibility index (Phi) is 5.28. The number of nitrogens with zero attached hydrogens (tertiary/aromatic N) is 1. The quantitative estimate of drug-likeness (QED) is 0.839. The first kappa shape index (κ1) is 14.4. The zero-order valence-electron chi connectivity index (χ0n) is 11.7. The van der Waals surface area contributed by atoms with E-state index < -0.39 is 0 Å². The first-order chi connectivity index (χ1) is 9.22. The minimum Gasteiger partial charge on any atom is -0.338 e. The van der Waals surface area contributed by atoms with Crippen molar-refractivity contribution in [3.05, 3.63) is 29.8 Å². The van der Waals surface area contributed by atoms with Crippen LogP contribution in [0, 0.1) is 6.92 Å². The Labute approximate surface area is 119 Å². The molecular weight excluding hydrogens is 256 g/mol. The molecule has 104 valence electrons. The number of carbonyl (C=O) groups is 1. The van der Waals surface area contributed by atoms with Gasteiger partial charge in [-0.2, -0.15) is 0 Å². The molecule has 2 rings (SSSR count). The van der Waals surface area contributed by atoms with E-state index in [1.165, 1.54) is 10.5 Å². The van der Waals surface area contributed by atoms with Crippen LogP contribution >= 0.6 is 11.8 Å². The van der Waals surface area contributed by atoms with Gasteiger partial charge in [-0.25, -0.2) is 0 Å². The van der Waals surface area contributed by atoms with Gasteiger partial charge < -0.3 is 10.2 Å². The number of hydrogen-bond acceptors (Lipinski definition) is 3. The number of thioether (sulfide) groups is 1. The lowest BCUT2D eigenvalue weighted by Gasteiger charge is -2.24. The van der Waals surface area contributed by atoms with Gasteiger partial charge in [-0.15, -0.1) is 11.8 Å². The fraction of sp³-hybridized carbons (Fsp3) is 0.533. The lowest BCUT2D eigenvalue weighted by molar-refractivity contribution is -0.129. The Morgan fingerprint density at radius 3 is 3.00 bits per heavy atom. The summed E-state index contributed by atoms with van der Waals surface area (Å²) >= 11 is 1.65. The molecule has 1 aliphatic heterocycles.